The second-order valence-corrected chi connectivity index (χ2v) is 9.74. The zero-order valence-corrected chi connectivity index (χ0v) is 15.2. The molecule has 8 atom stereocenters. The molecule has 0 aromatic heterocycles. The third-order valence-electron chi connectivity index (χ3n) is 8.79. The van der Waals surface area contributed by atoms with Gasteiger partial charge in [-0.3, -0.25) is 0 Å². The minimum atomic E-state index is -0.0892. The number of aliphatic hydroxyl groups excluding tert-OH is 1. The molecule has 2 nitrogen and oxygen atoms in total. The van der Waals surface area contributed by atoms with Crippen LogP contribution in [-0.2, 0) is 0 Å². The van der Waals surface area contributed by atoms with Crippen molar-refractivity contribution < 1.29 is 5.11 Å². The maximum Gasteiger partial charge on any atom is 0.0577 e. The smallest absolute Gasteiger partial charge is 0.0577 e. The maximum absolute atomic E-state index is 10.1. The van der Waals surface area contributed by atoms with Crippen molar-refractivity contribution in [1.82, 2.24) is 0 Å². The molecule has 4 aliphatic carbocycles. The third kappa shape index (κ3) is 2.20. The molecule has 0 unspecified atom stereocenters. The Balaban J connectivity index is 1.65. The fraction of sp³-hybridized carbons (Fsp3) is 0.905. The topological polar surface area (TPSA) is 46.2 Å². The van der Waals surface area contributed by atoms with Crippen molar-refractivity contribution in [3.8, 4) is 0 Å². The fourth-order valence-electron chi connectivity index (χ4n) is 7.55. The van der Waals surface area contributed by atoms with Crippen LogP contribution in [0.25, 0.3) is 0 Å². The van der Waals surface area contributed by atoms with E-state index in [0.717, 1.165) is 36.5 Å². The summed E-state index contributed by atoms with van der Waals surface area (Å²) in [5.41, 5.74) is 8.80. The summed E-state index contributed by atoms with van der Waals surface area (Å²) >= 11 is 0. The highest BCUT2D eigenvalue weighted by molar-refractivity contribution is 5.25. The van der Waals surface area contributed by atoms with Crippen LogP contribution in [0.5, 0.6) is 0 Å². The van der Waals surface area contributed by atoms with Gasteiger partial charge in [0.2, 0.25) is 0 Å². The largest absolute Gasteiger partial charge is 0.393 e. The normalized spacial score (nSPS) is 53.8. The summed E-state index contributed by atoms with van der Waals surface area (Å²) in [6.45, 7) is 7.30. The zero-order valence-electron chi connectivity index (χ0n) is 15.2. The third-order valence-corrected chi connectivity index (χ3v) is 8.79. The van der Waals surface area contributed by atoms with Crippen LogP contribution in [0.15, 0.2) is 11.6 Å². The number of aliphatic hydroxyl groups is 1. The van der Waals surface area contributed by atoms with E-state index in [0.29, 0.717) is 16.9 Å². The number of hydrogen-bond acceptors (Lipinski definition) is 2. The molecule has 2 heteroatoms. The second kappa shape index (κ2) is 5.33. The highest BCUT2D eigenvalue weighted by Gasteiger charge is 2.58. The van der Waals surface area contributed by atoms with Gasteiger partial charge in [-0.2, -0.15) is 0 Å². The molecule has 0 saturated heterocycles. The summed E-state index contributed by atoms with van der Waals surface area (Å²) < 4.78 is 0. The Morgan fingerprint density at radius 1 is 1.13 bits per heavy atom. The number of hydrogen-bond donors (Lipinski definition) is 2. The van der Waals surface area contributed by atoms with Crippen molar-refractivity contribution in [2.75, 3.05) is 0 Å². The molecule has 4 aliphatic rings. The summed E-state index contributed by atoms with van der Waals surface area (Å²) in [5.74, 6) is 3.31. The molecule has 4 rings (SSSR count). The van der Waals surface area contributed by atoms with E-state index < -0.39 is 0 Å². The van der Waals surface area contributed by atoms with Crippen LogP contribution < -0.4 is 5.73 Å². The first-order valence-electron chi connectivity index (χ1n) is 9.99. The van der Waals surface area contributed by atoms with Gasteiger partial charge >= 0.3 is 0 Å². The Hall–Kier alpha value is -0.340. The first-order valence-corrected chi connectivity index (χ1v) is 9.99. The van der Waals surface area contributed by atoms with Gasteiger partial charge in [-0.1, -0.05) is 25.5 Å². The summed E-state index contributed by atoms with van der Waals surface area (Å²) in [6.07, 6.45) is 12.3. The number of allylic oxidation sites excluding steroid dienone is 1. The van der Waals surface area contributed by atoms with E-state index in [4.69, 9.17) is 5.73 Å². The van der Waals surface area contributed by atoms with Gasteiger partial charge in [0.05, 0.1) is 6.10 Å². The van der Waals surface area contributed by atoms with Crippen molar-refractivity contribution in [1.29, 1.82) is 0 Å². The van der Waals surface area contributed by atoms with Crippen molar-refractivity contribution in [3.05, 3.63) is 11.6 Å². The van der Waals surface area contributed by atoms with Crippen LogP contribution >= 0.6 is 0 Å². The zero-order chi connectivity index (χ0) is 16.4. The van der Waals surface area contributed by atoms with Gasteiger partial charge in [-0.25, -0.2) is 0 Å². The number of fused-ring (bicyclic) bond motifs is 5. The quantitative estimate of drug-likeness (QED) is 0.709. The van der Waals surface area contributed by atoms with Crippen LogP contribution in [0.1, 0.15) is 72.1 Å². The molecule has 3 fully saturated rings. The fourth-order valence-corrected chi connectivity index (χ4v) is 7.55. The Morgan fingerprint density at radius 3 is 2.65 bits per heavy atom. The Kier molecular flexibility index (Phi) is 3.74. The number of rotatable bonds is 1. The summed E-state index contributed by atoms with van der Waals surface area (Å²) in [7, 11) is 0. The molecule has 0 bridgehead atoms. The molecule has 130 valence electrons. The molecule has 0 aromatic carbocycles. The summed E-state index contributed by atoms with van der Waals surface area (Å²) in [4.78, 5) is 0. The minimum absolute atomic E-state index is 0.0892. The van der Waals surface area contributed by atoms with Crippen LogP contribution in [0.2, 0.25) is 0 Å². The molecule has 0 heterocycles. The lowest BCUT2D eigenvalue weighted by Crippen LogP contribution is -2.51. The monoisotopic (exact) mass is 317 g/mol. The van der Waals surface area contributed by atoms with Crippen LogP contribution in [0.3, 0.4) is 0 Å². The molecule has 0 amide bonds. The van der Waals surface area contributed by atoms with E-state index >= 15 is 0 Å². The average molecular weight is 318 g/mol. The molecule has 3 saturated carbocycles. The first kappa shape index (κ1) is 16.1. The predicted octanol–water partition coefficient (Wildman–Crippen LogP) is 4.27. The minimum Gasteiger partial charge on any atom is -0.393 e. The van der Waals surface area contributed by atoms with E-state index in [-0.39, 0.29) is 6.10 Å². The molecule has 0 spiro atoms. The Morgan fingerprint density at radius 2 is 1.91 bits per heavy atom. The lowest BCUT2D eigenvalue weighted by molar-refractivity contribution is -0.0520. The average Bonchev–Trinajstić information content (AvgIpc) is 2.85. The predicted molar refractivity (Wildman–Crippen MR) is 94.8 cm³/mol. The van der Waals surface area contributed by atoms with Gasteiger partial charge in [-0.15, -0.1) is 0 Å². The van der Waals surface area contributed by atoms with E-state index in [1.54, 1.807) is 5.57 Å². The van der Waals surface area contributed by atoms with E-state index in [2.05, 4.69) is 26.8 Å². The highest BCUT2D eigenvalue weighted by atomic mass is 16.3. The van der Waals surface area contributed by atoms with Crippen LogP contribution in [0.4, 0.5) is 0 Å². The SMILES string of the molecule is C[C@@H](N)[C@H]1CC[C@H]2[C@@H]3CC=C4C[C@@H](O)CC[C@]4(C)[C@H]3CC[C@]12C. The van der Waals surface area contributed by atoms with E-state index in [1.807, 2.05) is 0 Å². The van der Waals surface area contributed by atoms with Gasteiger partial charge in [0.25, 0.3) is 0 Å². The summed E-state index contributed by atoms with van der Waals surface area (Å²) in [5, 5.41) is 10.1. The van der Waals surface area contributed by atoms with Crippen molar-refractivity contribution in [2.45, 2.75) is 84.3 Å². The van der Waals surface area contributed by atoms with Crippen molar-refractivity contribution >= 4 is 0 Å². The summed E-state index contributed by atoms with van der Waals surface area (Å²) in [6, 6.07) is 0.344. The molecular weight excluding hydrogens is 282 g/mol. The first-order chi connectivity index (χ1) is 10.9. The van der Waals surface area contributed by atoms with Gasteiger partial charge < -0.3 is 10.8 Å². The molecule has 0 aromatic rings. The molecule has 0 aliphatic heterocycles. The highest BCUT2D eigenvalue weighted by Crippen LogP contribution is 2.66. The molecular formula is C21H35NO. The van der Waals surface area contributed by atoms with Crippen molar-refractivity contribution in [2.24, 2.45) is 40.2 Å². The number of nitrogens with two attached hydrogens (primary N) is 1. The van der Waals surface area contributed by atoms with Gasteiger partial charge in [0.1, 0.15) is 0 Å². The lowest BCUT2D eigenvalue weighted by Gasteiger charge is -2.58. The van der Waals surface area contributed by atoms with E-state index in [9.17, 15) is 5.11 Å². The standard InChI is InChI=1S/C21H35NO/c1-13(22)17-6-7-18-16-5-4-14-12-15(23)8-10-20(14,2)19(16)9-11-21(17,18)3/h4,13,15-19,23H,5-12,22H2,1-3H3/t13-,15+,16+,17-,18+,19+,20+,21-/m1/s1. The Bertz CT molecular complexity index is 512. The molecule has 3 N–H and O–H groups in total. The maximum atomic E-state index is 10.1. The second-order valence-electron chi connectivity index (χ2n) is 9.74. The van der Waals surface area contributed by atoms with E-state index in [1.165, 1.54) is 38.5 Å². The van der Waals surface area contributed by atoms with Crippen molar-refractivity contribution in [3.63, 3.8) is 0 Å². The Labute approximate surface area is 141 Å². The van der Waals surface area contributed by atoms with Gasteiger partial charge in [0.15, 0.2) is 0 Å². The van der Waals surface area contributed by atoms with Crippen LogP contribution in [0, 0.1) is 34.5 Å². The van der Waals surface area contributed by atoms with Gasteiger partial charge in [0, 0.05) is 6.04 Å². The molecule has 23 heavy (non-hydrogen) atoms. The lowest BCUT2D eigenvalue weighted by atomic mass is 9.47. The van der Waals surface area contributed by atoms with Gasteiger partial charge in [-0.05, 0) is 92.8 Å². The van der Waals surface area contributed by atoms with Crippen LogP contribution in [-0.4, -0.2) is 17.3 Å². The molecule has 0 radical (unpaired) electrons.